The van der Waals surface area contributed by atoms with Crippen LogP contribution in [-0.2, 0) is 16.1 Å². The van der Waals surface area contributed by atoms with Crippen LogP contribution in [0.1, 0.15) is 5.89 Å². The molecule has 0 aliphatic carbocycles. The van der Waals surface area contributed by atoms with Gasteiger partial charge in [-0.1, -0.05) is 16.8 Å². The van der Waals surface area contributed by atoms with Gasteiger partial charge in [0.25, 0.3) is 5.89 Å². The van der Waals surface area contributed by atoms with Gasteiger partial charge in [0.15, 0.2) is 0 Å². The first-order valence-electron chi connectivity index (χ1n) is 5.56. The van der Waals surface area contributed by atoms with Gasteiger partial charge in [-0.05, 0) is 18.2 Å². The van der Waals surface area contributed by atoms with E-state index in [9.17, 15) is 4.79 Å². The molecule has 8 heteroatoms. The fraction of sp³-hybridized carbons (Fsp3) is 0.250. The number of hydrogen-bond acceptors (Lipinski definition) is 6. The molecular formula is C12H11ClN2O5. The molecule has 1 heterocycles. The first-order valence-corrected chi connectivity index (χ1v) is 5.94. The Bertz CT molecular complexity index is 614. The molecule has 2 rings (SSSR count). The van der Waals surface area contributed by atoms with E-state index in [0.29, 0.717) is 22.2 Å². The Kier molecular flexibility index (Phi) is 4.54. The van der Waals surface area contributed by atoms with Crippen LogP contribution < -0.4 is 4.74 Å². The number of aromatic nitrogens is 2. The molecule has 2 aromatic rings. The number of aliphatic carboxylic acids is 1. The van der Waals surface area contributed by atoms with Crippen molar-refractivity contribution in [2.45, 2.75) is 6.61 Å². The lowest BCUT2D eigenvalue weighted by molar-refractivity contribution is -0.142. The number of ether oxygens (including phenoxy) is 2. The zero-order valence-electron chi connectivity index (χ0n) is 10.5. The van der Waals surface area contributed by atoms with E-state index in [0.717, 1.165) is 0 Å². The highest BCUT2D eigenvalue weighted by molar-refractivity contribution is 6.30. The van der Waals surface area contributed by atoms with Gasteiger partial charge >= 0.3 is 5.97 Å². The van der Waals surface area contributed by atoms with Crippen molar-refractivity contribution >= 4 is 17.6 Å². The molecule has 106 valence electrons. The fourth-order valence-corrected chi connectivity index (χ4v) is 1.66. The number of carbonyl (C=O) groups is 1. The van der Waals surface area contributed by atoms with Crippen molar-refractivity contribution < 1.29 is 23.9 Å². The lowest BCUT2D eigenvalue weighted by Crippen LogP contribution is -2.06. The molecule has 0 amide bonds. The van der Waals surface area contributed by atoms with E-state index in [1.807, 2.05) is 0 Å². The Morgan fingerprint density at radius 3 is 3.00 bits per heavy atom. The molecule has 1 aromatic carbocycles. The monoisotopic (exact) mass is 298 g/mol. The van der Waals surface area contributed by atoms with Crippen LogP contribution in [0.25, 0.3) is 11.4 Å². The molecule has 1 aromatic heterocycles. The predicted molar refractivity (Wildman–Crippen MR) is 68.6 cm³/mol. The minimum absolute atomic E-state index is 0.0742. The molecule has 0 bridgehead atoms. The van der Waals surface area contributed by atoms with Crippen LogP contribution in [0.2, 0.25) is 5.02 Å². The summed E-state index contributed by atoms with van der Waals surface area (Å²) in [5.41, 5.74) is 0.616. The molecule has 0 fully saturated rings. The quantitative estimate of drug-likeness (QED) is 0.871. The van der Waals surface area contributed by atoms with Gasteiger partial charge in [-0.15, -0.1) is 0 Å². The van der Waals surface area contributed by atoms with Gasteiger partial charge in [0, 0.05) is 5.02 Å². The lowest BCUT2D eigenvalue weighted by Gasteiger charge is -2.04. The second-order valence-corrected chi connectivity index (χ2v) is 4.18. The summed E-state index contributed by atoms with van der Waals surface area (Å²) in [6.07, 6.45) is 0. The summed E-state index contributed by atoms with van der Waals surface area (Å²) in [5, 5.41) is 12.8. The zero-order valence-corrected chi connectivity index (χ0v) is 11.3. The molecule has 7 nitrogen and oxygen atoms in total. The molecule has 20 heavy (non-hydrogen) atoms. The SMILES string of the molecule is COc1cc(Cl)ccc1-c1noc(COCC(=O)O)n1. The number of benzene rings is 1. The van der Waals surface area contributed by atoms with Gasteiger partial charge in [-0.25, -0.2) is 4.79 Å². The smallest absolute Gasteiger partial charge is 0.329 e. The number of halogens is 1. The van der Waals surface area contributed by atoms with Gasteiger partial charge in [0.1, 0.15) is 19.0 Å². The summed E-state index contributed by atoms with van der Waals surface area (Å²) >= 11 is 5.87. The maximum Gasteiger partial charge on any atom is 0.329 e. The van der Waals surface area contributed by atoms with Crippen LogP contribution in [0.3, 0.4) is 0 Å². The summed E-state index contributed by atoms with van der Waals surface area (Å²) in [5.74, 6) is -0.0638. The van der Waals surface area contributed by atoms with Crippen LogP contribution in [-0.4, -0.2) is 34.9 Å². The minimum Gasteiger partial charge on any atom is -0.496 e. The van der Waals surface area contributed by atoms with Crippen LogP contribution in [0.15, 0.2) is 22.7 Å². The predicted octanol–water partition coefficient (Wildman–Crippen LogP) is 2.00. The number of carboxylic acid groups (broad SMARTS) is 1. The molecule has 0 aliphatic heterocycles. The Morgan fingerprint density at radius 2 is 2.30 bits per heavy atom. The average Bonchev–Trinajstić information content (AvgIpc) is 2.86. The zero-order chi connectivity index (χ0) is 14.5. The Hall–Kier alpha value is -2.12. The first kappa shape index (κ1) is 14.3. The van der Waals surface area contributed by atoms with Crippen molar-refractivity contribution in [3.63, 3.8) is 0 Å². The summed E-state index contributed by atoms with van der Waals surface area (Å²) in [6.45, 7) is -0.503. The maximum atomic E-state index is 10.3. The van der Waals surface area contributed by atoms with E-state index >= 15 is 0 Å². The molecule has 0 unspecified atom stereocenters. The highest BCUT2D eigenvalue weighted by Crippen LogP contribution is 2.30. The Balaban J connectivity index is 2.14. The maximum absolute atomic E-state index is 10.3. The van der Waals surface area contributed by atoms with Gasteiger partial charge < -0.3 is 19.1 Å². The van der Waals surface area contributed by atoms with Gasteiger partial charge in [0.05, 0.1) is 12.7 Å². The van der Waals surface area contributed by atoms with Crippen molar-refractivity contribution in [2.24, 2.45) is 0 Å². The number of methoxy groups -OCH3 is 1. The number of hydrogen-bond donors (Lipinski definition) is 1. The van der Waals surface area contributed by atoms with E-state index in [4.69, 9.17) is 30.7 Å². The number of rotatable bonds is 6. The topological polar surface area (TPSA) is 94.7 Å². The normalized spacial score (nSPS) is 10.5. The van der Waals surface area contributed by atoms with Crippen LogP contribution in [0.4, 0.5) is 0 Å². The summed E-state index contributed by atoms with van der Waals surface area (Å²) in [7, 11) is 1.51. The lowest BCUT2D eigenvalue weighted by atomic mass is 10.2. The number of nitrogens with zero attached hydrogens (tertiary/aromatic N) is 2. The summed E-state index contributed by atoms with van der Waals surface area (Å²) < 4.78 is 15.0. The van der Waals surface area contributed by atoms with Crippen molar-refractivity contribution in [1.29, 1.82) is 0 Å². The molecule has 0 radical (unpaired) electrons. The van der Waals surface area contributed by atoms with Gasteiger partial charge in [-0.3, -0.25) is 0 Å². The Labute approximate surface area is 119 Å². The molecule has 0 atom stereocenters. The van der Waals surface area contributed by atoms with Crippen LogP contribution in [0.5, 0.6) is 5.75 Å². The second-order valence-electron chi connectivity index (χ2n) is 3.74. The number of carboxylic acids is 1. The van der Waals surface area contributed by atoms with Crippen molar-refractivity contribution in [3.8, 4) is 17.1 Å². The third kappa shape index (κ3) is 3.46. The fourth-order valence-electron chi connectivity index (χ4n) is 1.50. The van der Waals surface area contributed by atoms with Crippen molar-refractivity contribution in [3.05, 3.63) is 29.1 Å². The Morgan fingerprint density at radius 1 is 1.50 bits per heavy atom. The third-order valence-corrected chi connectivity index (χ3v) is 2.56. The highest BCUT2D eigenvalue weighted by atomic mass is 35.5. The average molecular weight is 299 g/mol. The molecule has 0 saturated heterocycles. The highest BCUT2D eigenvalue weighted by Gasteiger charge is 2.14. The van der Waals surface area contributed by atoms with Crippen LogP contribution in [0, 0.1) is 0 Å². The first-order chi connectivity index (χ1) is 9.60. The second kappa shape index (κ2) is 6.36. The van der Waals surface area contributed by atoms with E-state index < -0.39 is 12.6 Å². The van der Waals surface area contributed by atoms with Gasteiger partial charge in [0.2, 0.25) is 5.82 Å². The molecule has 0 saturated carbocycles. The van der Waals surface area contributed by atoms with E-state index in [2.05, 4.69) is 10.1 Å². The van der Waals surface area contributed by atoms with Gasteiger partial charge in [-0.2, -0.15) is 4.98 Å². The van der Waals surface area contributed by atoms with Crippen molar-refractivity contribution in [1.82, 2.24) is 10.1 Å². The van der Waals surface area contributed by atoms with E-state index in [1.165, 1.54) is 7.11 Å². The third-order valence-electron chi connectivity index (χ3n) is 2.32. The largest absolute Gasteiger partial charge is 0.496 e. The van der Waals surface area contributed by atoms with E-state index in [-0.39, 0.29) is 12.5 Å². The minimum atomic E-state index is -1.07. The molecule has 0 aliphatic rings. The molecule has 1 N–H and O–H groups in total. The van der Waals surface area contributed by atoms with Crippen molar-refractivity contribution in [2.75, 3.05) is 13.7 Å². The summed E-state index contributed by atoms with van der Waals surface area (Å²) in [6, 6.07) is 5.01. The van der Waals surface area contributed by atoms with E-state index in [1.54, 1.807) is 18.2 Å². The molecular weight excluding hydrogens is 288 g/mol. The standard InChI is InChI=1S/C12H11ClN2O5/c1-18-9-4-7(13)2-3-8(9)12-14-10(20-15-12)5-19-6-11(16)17/h2-4H,5-6H2,1H3,(H,16,17). The summed E-state index contributed by atoms with van der Waals surface area (Å²) in [4.78, 5) is 14.4. The van der Waals surface area contributed by atoms with Crippen LogP contribution >= 0.6 is 11.6 Å². The molecule has 0 spiro atoms.